The van der Waals surface area contributed by atoms with E-state index in [4.69, 9.17) is 0 Å². The molecule has 0 unspecified atom stereocenters. The van der Waals surface area contributed by atoms with Gasteiger partial charge in [0, 0.05) is 35.6 Å². The van der Waals surface area contributed by atoms with Gasteiger partial charge >= 0.3 is 0 Å². The van der Waals surface area contributed by atoms with Crippen LogP contribution in [0.3, 0.4) is 0 Å². The fraction of sp³-hybridized carbons (Fsp3) is 0.385. The first-order valence-electron chi connectivity index (χ1n) is 6.16. The van der Waals surface area contributed by atoms with Crippen LogP contribution < -0.4 is 16.0 Å². The monoisotopic (exact) mass is 361 g/mol. The van der Waals surface area contributed by atoms with Gasteiger partial charge in [-0.3, -0.25) is 9.59 Å². The lowest BCUT2D eigenvalue weighted by Gasteiger charge is -2.27. The Kier molecular flexibility index (Phi) is 6.98. The Bertz CT molecular complexity index is 480. The fourth-order valence-electron chi connectivity index (χ4n) is 1.71. The molecule has 0 atom stereocenters. The van der Waals surface area contributed by atoms with Crippen molar-refractivity contribution in [1.82, 2.24) is 16.0 Å². The zero-order valence-electron chi connectivity index (χ0n) is 10.8. The van der Waals surface area contributed by atoms with Gasteiger partial charge in [-0.15, -0.1) is 12.4 Å². The second kappa shape index (κ2) is 8.24. The number of hydrogen-bond donors (Lipinski definition) is 3. The van der Waals surface area contributed by atoms with Crippen LogP contribution >= 0.6 is 28.3 Å². The molecule has 2 amide bonds. The average molecular weight is 363 g/mol. The summed E-state index contributed by atoms with van der Waals surface area (Å²) < 4.78 is 0.835. The third-order valence-corrected chi connectivity index (χ3v) is 3.44. The van der Waals surface area contributed by atoms with Gasteiger partial charge in [0.15, 0.2) is 0 Å². The van der Waals surface area contributed by atoms with Crippen molar-refractivity contribution in [2.75, 3.05) is 26.2 Å². The van der Waals surface area contributed by atoms with E-state index in [1.807, 2.05) is 6.07 Å². The molecule has 20 heavy (non-hydrogen) atoms. The number of rotatable bonds is 5. The predicted octanol–water partition coefficient (Wildman–Crippen LogP) is 0.936. The highest BCUT2D eigenvalue weighted by Crippen LogP contribution is 2.11. The quantitative estimate of drug-likeness (QED) is 0.730. The van der Waals surface area contributed by atoms with E-state index in [0.717, 1.165) is 17.6 Å². The Morgan fingerprint density at radius 2 is 2.05 bits per heavy atom. The van der Waals surface area contributed by atoms with Crippen molar-refractivity contribution in [3.8, 4) is 0 Å². The summed E-state index contributed by atoms with van der Waals surface area (Å²) in [5.41, 5.74) is 0.533. The smallest absolute Gasteiger partial charge is 0.251 e. The Hall–Kier alpha value is -1.11. The molecule has 1 fully saturated rings. The van der Waals surface area contributed by atoms with Gasteiger partial charge < -0.3 is 16.0 Å². The highest BCUT2D eigenvalue weighted by atomic mass is 79.9. The van der Waals surface area contributed by atoms with Crippen molar-refractivity contribution in [3.05, 3.63) is 34.3 Å². The lowest BCUT2D eigenvalue weighted by atomic mass is 10.0. The highest BCUT2D eigenvalue weighted by Gasteiger charge is 2.17. The van der Waals surface area contributed by atoms with Crippen molar-refractivity contribution in [2.45, 2.75) is 0 Å². The van der Waals surface area contributed by atoms with Gasteiger partial charge in [0.1, 0.15) is 0 Å². The number of benzene rings is 1. The van der Waals surface area contributed by atoms with Gasteiger partial charge in [-0.2, -0.15) is 0 Å². The molecular formula is C13H17BrClN3O2. The van der Waals surface area contributed by atoms with Crippen LogP contribution in [0, 0.1) is 5.92 Å². The Labute approximate surface area is 132 Å². The number of carbonyl (C=O) groups excluding carboxylic acids is 2. The normalized spacial score (nSPS) is 13.8. The molecule has 1 saturated heterocycles. The van der Waals surface area contributed by atoms with Gasteiger partial charge in [-0.25, -0.2) is 0 Å². The molecule has 2 rings (SSSR count). The molecule has 110 valence electrons. The van der Waals surface area contributed by atoms with E-state index in [1.54, 1.807) is 18.2 Å². The molecule has 0 spiro atoms. The Balaban J connectivity index is 0.00000200. The molecule has 5 nitrogen and oxygen atoms in total. The lowest BCUT2D eigenvalue weighted by Crippen LogP contribution is -2.49. The third-order valence-electron chi connectivity index (χ3n) is 2.95. The molecule has 0 aliphatic carbocycles. The van der Waals surface area contributed by atoms with E-state index in [1.165, 1.54) is 0 Å². The molecule has 1 aromatic carbocycles. The van der Waals surface area contributed by atoms with E-state index < -0.39 is 0 Å². The molecule has 1 aromatic rings. The molecule has 1 aliphatic heterocycles. The number of amides is 2. The number of hydrogen-bond acceptors (Lipinski definition) is 3. The molecule has 0 radical (unpaired) electrons. The minimum atomic E-state index is -0.248. The number of carbonyl (C=O) groups is 2. The first-order valence-corrected chi connectivity index (χ1v) is 6.95. The largest absolute Gasteiger partial charge is 0.354 e. The predicted molar refractivity (Wildman–Crippen MR) is 83.1 cm³/mol. The summed E-state index contributed by atoms with van der Waals surface area (Å²) in [5, 5.41) is 8.53. The fourth-order valence-corrected chi connectivity index (χ4v) is 2.11. The number of nitrogens with one attached hydrogen (secondary N) is 3. The first kappa shape index (κ1) is 16.9. The molecule has 0 bridgehead atoms. The van der Waals surface area contributed by atoms with Crippen LogP contribution in [0.5, 0.6) is 0 Å². The van der Waals surface area contributed by atoms with Crippen molar-refractivity contribution >= 4 is 40.2 Å². The summed E-state index contributed by atoms with van der Waals surface area (Å²) in [6.07, 6.45) is 0. The van der Waals surface area contributed by atoms with Crippen LogP contribution in [-0.2, 0) is 4.79 Å². The van der Waals surface area contributed by atoms with Crippen LogP contribution in [-0.4, -0.2) is 38.0 Å². The summed E-state index contributed by atoms with van der Waals surface area (Å²) in [6, 6.07) is 7.05. The minimum absolute atomic E-state index is 0. The molecule has 1 heterocycles. The van der Waals surface area contributed by atoms with E-state index in [0.29, 0.717) is 18.0 Å². The van der Waals surface area contributed by atoms with E-state index in [9.17, 15) is 9.59 Å². The third kappa shape index (κ3) is 5.11. The van der Waals surface area contributed by atoms with Crippen molar-refractivity contribution in [2.24, 2.45) is 5.92 Å². The average Bonchev–Trinajstić information content (AvgIpc) is 2.34. The number of halogens is 2. The molecule has 0 aromatic heterocycles. The minimum Gasteiger partial charge on any atom is -0.354 e. The summed E-state index contributed by atoms with van der Waals surface area (Å²) in [6.45, 7) is 2.57. The van der Waals surface area contributed by atoms with Crippen molar-refractivity contribution in [3.63, 3.8) is 0 Å². The standard InChI is InChI=1S/C13H16BrN3O2.ClH/c14-11-3-1-2-10(4-11)13(19)17-8-12(18)16-7-9-5-15-6-9;/h1-4,9,15H,5-8H2,(H,16,18)(H,17,19);1H. The van der Waals surface area contributed by atoms with Gasteiger partial charge in [0.05, 0.1) is 6.54 Å². The Morgan fingerprint density at radius 1 is 1.30 bits per heavy atom. The van der Waals surface area contributed by atoms with E-state index >= 15 is 0 Å². The van der Waals surface area contributed by atoms with Crippen LogP contribution in [0.2, 0.25) is 0 Å². The SMILES string of the molecule is Cl.O=C(CNC(=O)c1cccc(Br)c1)NCC1CNC1. The summed E-state index contributed by atoms with van der Waals surface area (Å²) in [7, 11) is 0. The Morgan fingerprint density at radius 3 is 2.65 bits per heavy atom. The van der Waals surface area contributed by atoms with Crippen LogP contribution in [0.15, 0.2) is 28.7 Å². The second-order valence-corrected chi connectivity index (χ2v) is 5.44. The first-order chi connectivity index (χ1) is 9.15. The maximum atomic E-state index is 11.8. The summed E-state index contributed by atoms with van der Waals surface area (Å²) in [4.78, 5) is 23.3. The van der Waals surface area contributed by atoms with Crippen molar-refractivity contribution < 1.29 is 9.59 Å². The van der Waals surface area contributed by atoms with E-state index in [-0.39, 0.29) is 30.8 Å². The molecule has 7 heteroatoms. The van der Waals surface area contributed by atoms with Crippen LogP contribution in [0.25, 0.3) is 0 Å². The van der Waals surface area contributed by atoms with E-state index in [2.05, 4.69) is 31.9 Å². The maximum absolute atomic E-state index is 11.8. The second-order valence-electron chi connectivity index (χ2n) is 4.52. The molecule has 1 aliphatic rings. The van der Waals surface area contributed by atoms with Crippen molar-refractivity contribution in [1.29, 1.82) is 0 Å². The van der Waals surface area contributed by atoms with Crippen LogP contribution in [0.4, 0.5) is 0 Å². The molecular weight excluding hydrogens is 346 g/mol. The zero-order chi connectivity index (χ0) is 13.7. The lowest BCUT2D eigenvalue weighted by molar-refractivity contribution is -0.120. The van der Waals surface area contributed by atoms with Gasteiger partial charge in [-0.05, 0) is 18.2 Å². The summed E-state index contributed by atoms with van der Waals surface area (Å²) in [5.74, 6) is 0.113. The molecule has 0 saturated carbocycles. The highest BCUT2D eigenvalue weighted by molar-refractivity contribution is 9.10. The molecule has 3 N–H and O–H groups in total. The summed E-state index contributed by atoms with van der Waals surface area (Å²) >= 11 is 3.30. The van der Waals surface area contributed by atoms with Gasteiger partial charge in [0.2, 0.25) is 5.91 Å². The topological polar surface area (TPSA) is 70.2 Å². The van der Waals surface area contributed by atoms with Gasteiger partial charge in [0.25, 0.3) is 5.91 Å². The van der Waals surface area contributed by atoms with Gasteiger partial charge in [-0.1, -0.05) is 22.0 Å². The van der Waals surface area contributed by atoms with Crippen LogP contribution in [0.1, 0.15) is 10.4 Å². The zero-order valence-corrected chi connectivity index (χ0v) is 13.2. The maximum Gasteiger partial charge on any atom is 0.251 e.